The van der Waals surface area contributed by atoms with Crippen LogP contribution in [-0.2, 0) is 0 Å². The third-order valence-electron chi connectivity index (χ3n) is 2.81. The van der Waals surface area contributed by atoms with Crippen LogP contribution < -0.4 is 5.32 Å². The van der Waals surface area contributed by atoms with Crippen molar-refractivity contribution in [3.63, 3.8) is 0 Å². The summed E-state index contributed by atoms with van der Waals surface area (Å²) in [6.07, 6.45) is 7.53. The third kappa shape index (κ3) is 6.43. The molecule has 1 rings (SSSR count). The van der Waals surface area contributed by atoms with Crippen molar-refractivity contribution < 1.29 is 0 Å². The lowest BCUT2D eigenvalue weighted by molar-refractivity contribution is 0.530. The van der Waals surface area contributed by atoms with Crippen molar-refractivity contribution in [1.82, 2.24) is 10.3 Å². The van der Waals surface area contributed by atoms with Crippen LogP contribution in [0.3, 0.4) is 0 Å². The number of aryl methyl sites for hydroxylation is 1. The van der Waals surface area contributed by atoms with Gasteiger partial charge in [-0.3, -0.25) is 0 Å². The Kier molecular flexibility index (Phi) is 7.90. The SMILES string of the molecule is CSCCCCCCNC(C)c1csc(C)n1. The smallest absolute Gasteiger partial charge is 0.0898 e. The van der Waals surface area contributed by atoms with Gasteiger partial charge in [0.1, 0.15) is 0 Å². The van der Waals surface area contributed by atoms with Gasteiger partial charge in [0.05, 0.1) is 10.7 Å². The lowest BCUT2D eigenvalue weighted by Gasteiger charge is -2.11. The highest BCUT2D eigenvalue weighted by atomic mass is 32.2. The first-order chi connectivity index (χ1) is 8.24. The summed E-state index contributed by atoms with van der Waals surface area (Å²) in [6, 6.07) is 0.395. The summed E-state index contributed by atoms with van der Waals surface area (Å²) in [7, 11) is 0. The van der Waals surface area contributed by atoms with E-state index < -0.39 is 0 Å². The number of hydrogen-bond donors (Lipinski definition) is 1. The molecular weight excluding hydrogens is 248 g/mol. The topological polar surface area (TPSA) is 24.9 Å². The fourth-order valence-corrected chi connectivity index (χ4v) is 2.93. The standard InChI is InChI=1S/C13H24N2S2/c1-11(13-10-17-12(2)15-13)14-8-6-4-5-7-9-16-3/h10-11,14H,4-9H2,1-3H3. The minimum absolute atomic E-state index is 0.395. The Morgan fingerprint density at radius 3 is 2.76 bits per heavy atom. The first-order valence-electron chi connectivity index (χ1n) is 6.38. The number of hydrogen-bond acceptors (Lipinski definition) is 4. The van der Waals surface area contributed by atoms with E-state index in [2.05, 4.69) is 35.8 Å². The second kappa shape index (κ2) is 8.95. The molecule has 0 amide bonds. The van der Waals surface area contributed by atoms with E-state index in [1.54, 1.807) is 11.3 Å². The average molecular weight is 272 g/mol. The number of unbranched alkanes of at least 4 members (excludes halogenated alkanes) is 3. The van der Waals surface area contributed by atoms with E-state index in [4.69, 9.17) is 0 Å². The minimum atomic E-state index is 0.395. The van der Waals surface area contributed by atoms with Crippen LogP contribution in [0.2, 0.25) is 0 Å². The summed E-state index contributed by atoms with van der Waals surface area (Å²) >= 11 is 3.68. The number of rotatable bonds is 9. The molecule has 1 aromatic heterocycles. The van der Waals surface area contributed by atoms with Gasteiger partial charge in [0.2, 0.25) is 0 Å². The zero-order chi connectivity index (χ0) is 12.5. The Labute approximate surface area is 114 Å². The molecule has 0 radical (unpaired) electrons. The summed E-state index contributed by atoms with van der Waals surface area (Å²) in [5.41, 5.74) is 1.19. The van der Waals surface area contributed by atoms with E-state index >= 15 is 0 Å². The Bertz CT molecular complexity index is 299. The molecule has 1 aromatic rings. The average Bonchev–Trinajstić information content (AvgIpc) is 2.74. The molecule has 1 heterocycles. The third-order valence-corrected chi connectivity index (χ3v) is 4.29. The molecule has 1 unspecified atom stereocenters. The van der Waals surface area contributed by atoms with Crippen molar-refractivity contribution in [3.8, 4) is 0 Å². The fraction of sp³-hybridized carbons (Fsp3) is 0.769. The van der Waals surface area contributed by atoms with Crippen LogP contribution in [0, 0.1) is 6.92 Å². The van der Waals surface area contributed by atoms with E-state index in [1.807, 2.05) is 11.8 Å². The van der Waals surface area contributed by atoms with E-state index in [1.165, 1.54) is 37.1 Å². The van der Waals surface area contributed by atoms with Crippen LogP contribution in [0.25, 0.3) is 0 Å². The lowest BCUT2D eigenvalue weighted by Crippen LogP contribution is -2.20. The van der Waals surface area contributed by atoms with Gasteiger partial charge >= 0.3 is 0 Å². The van der Waals surface area contributed by atoms with Gasteiger partial charge in [-0.05, 0) is 45.2 Å². The molecule has 17 heavy (non-hydrogen) atoms. The highest BCUT2D eigenvalue weighted by molar-refractivity contribution is 7.98. The Hall–Kier alpha value is -0.0600. The number of thiazole rings is 1. The van der Waals surface area contributed by atoms with Gasteiger partial charge < -0.3 is 5.32 Å². The van der Waals surface area contributed by atoms with E-state index in [-0.39, 0.29) is 0 Å². The largest absolute Gasteiger partial charge is 0.309 e. The second-order valence-corrected chi connectivity index (χ2v) is 6.42. The summed E-state index contributed by atoms with van der Waals surface area (Å²) < 4.78 is 0. The van der Waals surface area contributed by atoms with E-state index in [0.29, 0.717) is 6.04 Å². The van der Waals surface area contributed by atoms with Crippen LogP contribution in [0.1, 0.15) is 49.4 Å². The van der Waals surface area contributed by atoms with Gasteiger partial charge in [-0.1, -0.05) is 12.8 Å². The number of aromatic nitrogens is 1. The van der Waals surface area contributed by atoms with Gasteiger partial charge in [-0.15, -0.1) is 11.3 Å². The number of thioether (sulfide) groups is 1. The van der Waals surface area contributed by atoms with Crippen LogP contribution in [0.4, 0.5) is 0 Å². The maximum absolute atomic E-state index is 4.50. The Morgan fingerprint density at radius 1 is 1.35 bits per heavy atom. The monoisotopic (exact) mass is 272 g/mol. The van der Waals surface area contributed by atoms with Crippen LogP contribution in [0.5, 0.6) is 0 Å². The van der Waals surface area contributed by atoms with Gasteiger partial charge in [-0.25, -0.2) is 4.98 Å². The maximum atomic E-state index is 4.50. The summed E-state index contributed by atoms with van der Waals surface area (Å²) in [5, 5.41) is 6.86. The normalized spacial score (nSPS) is 12.9. The van der Waals surface area contributed by atoms with Crippen molar-refractivity contribution >= 4 is 23.1 Å². The predicted octanol–water partition coefficient (Wildman–Crippen LogP) is 4.03. The minimum Gasteiger partial charge on any atom is -0.309 e. The predicted molar refractivity (Wildman–Crippen MR) is 80.1 cm³/mol. The van der Waals surface area contributed by atoms with Crippen LogP contribution in [-0.4, -0.2) is 23.5 Å². The molecule has 0 bridgehead atoms. The summed E-state index contributed by atoms with van der Waals surface area (Å²) in [6.45, 7) is 5.37. The van der Waals surface area contributed by atoms with Crippen molar-refractivity contribution in [2.45, 2.75) is 45.6 Å². The van der Waals surface area contributed by atoms with E-state index in [9.17, 15) is 0 Å². The molecule has 0 aliphatic rings. The van der Waals surface area contributed by atoms with Crippen molar-refractivity contribution in [1.29, 1.82) is 0 Å². The molecule has 0 saturated heterocycles. The molecule has 0 saturated carbocycles. The summed E-state index contributed by atoms with van der Waals surface area (Å²) in [4.78, 5) is 4.50. The highest BCUT2D eigenvalue weighted by Crippen LogP contribution is 2.15. The number of nitrogens with one attached hydrogen (secondary N) is 1. The van der Waals surface area contributed by atoms with E-state index in [0.717, 1.165) is 11.6 Å². The molecule has 2 nitrogen and oxygen atoms in total. The van der Waals surface area contributed by atoms with Gasteiger partial charge in [0.15, 0.2) is 0 Å². The molecule has 1 atom stereocenters. The molecule has 0 fully saturated rings. The fourth-order valence-electron chi connectivity index (χ4n) is 1.73. The van der Waals surface area contributed by atoms with Gasteiger partial charge in [0.25, 0.3) is 0 Å². The Morgan fingerprint density at radius 2 is 2.12 bits per heavy atom. The molecule has 0 aromatic carbocycles. The Balaban J connectivity index is 2.03. The molecule has 4 heteroatoms. The summed E-state index contributed by atoms with van der Waals surface area (Å²) in [5.74, 6) is 1.31. The molecule has 1 N–H and O–H groups in total. The zero-order valence-corrected chi connectivity index (χ0v) is 12.8. The van der Waals surface area contributed by atoms with Crippen molar-refractivity contribution in [2.75, 3.05) is 18.6 Å². The van der Waals surface area contributed by atoms with Crippen molar-refractivity contribution in [3.05, 3.63) is 16.1 Å². The second-order valence-electron chi connectivity index (χ2n) is 4.37. The first kappa shape index (κ1) is 15.0. The lowest BCUT2D eigenvalue weighted by atomic mass is 10.2. The quantitative estimate of drug-likeness (QED) is 0.687. The highest BCUT2D eigenvalue weighted by Gasteiger charge is 2.07. The van der Waals surface area contributed by atoms with Crippen LogP contribution in [0.15, 0.2) is 5.38 Å². The molecule has 98 valence electrons. The van der Waals surface area contributed by atoms with Gasteiger partial charge in [-0.2, -0.15) is 11.8 Å². The molecule has 0 aliphatic heterocycles. The zero-order valence-electron chi connectivity index (χ0n) is 11.2. The first-order valence-corrected chi connectivity index (χ1v) is 8.65. The van der Waals surface area contributed by atoms with Gasteiger partial charge in [0, 0.05) is 11.4 Å². The van der Waals surface area contributed by atoms with Crippen LogP contribution >= 0.6 is 23.1 Å². The molecule has 0 aliphatic carbocycles. The maximum Gasteiger partial charge on any atom is 0.0898 e. The van der Waals surface area contributed by atoms with Crippen molar-refractivity contribution in [2.24, 2.45) is 0 Å². The number of nitrogens with zero attached hydrogens (tertiary/aromatic N) is 1. The molecule has 0 spiro atoms. The molecular formula is C13H24N2S2.